The molecule has 84 valence electrons. The maximum atomic E-state index is 10.8. The topological polar surface area (TPSA) is 65.0 Å². The summed E-state index contributed by atoms with van der Waals surface area (Å²) in [5, 5.41) is 8.88. The van der Waals surface area contributed by atoms with Gasteiger partial charge in [-0.15, -0.1) is 0 Å². The zero-order chi connectivity index (χ0) is 11.2. The maximum Gasteiger partial charge on any atom is 0.364 e. The predicted octanol–water partition coefficient (Wildman–Crippen LogP) is 1.22. The van der Waals surface area contributed by atoms with Crippen LogP contribution in [0.4, 0.5) is 0 Å². The zero-order valence-electron chi connectivity index (χ0n) is 9.07. The van der Waals surface area contributed by atoms with E-state index in [0.29, 0.717) is 6.61 Å². The summed E-state index contributed by atoms with van der Waals surface area (Å²) in [6.45, 7) is 7.22. The van der Waals surface area contributed by atoms with Crippen LogP contribution < -0.4 is 0 Å². The van der Waals surface area contributed by atoms with Crippen molar-refractivity contribution in [3.8, 4) is 0 Å². The summed E-state index contributed by atoms with van der Waals surface area (Å²) < 4.78 is 15.2. The number of hydrogen-bond donors (Lipinski definition) is 1. The molecule has 0 aromatic rings. The smallest absolute Gasteiger partial charge is 0.364 e. The van der Waals surface area contributed by atoms with Crippen molar-refractivity contribution < 1.29 is 24.1 Å². The average molecular weight is 206 g/mol. The van der Waals surface area contributed by atoms with Crippen molar-refractivity contribution in [3.05, 3.63) is 0 Å². The highest BCUT2D eigenvalue weighted by molar-refractivity contribution is 5.75. The van der Waals surface area contributed by atoms with E-state index in [1.807, 2.05) is 0 Å². The number of ether oxygens (including phenoxy) is 3. The van der Waals surface area contributed by atoms with E-state index in [1.165, 1.54) is 6.92 Å². The molecule has 0 aliphatic heterocycles. The van der Waals surface area contributed by atoms with E-state index in [2.05, 4.69) is 0 Å². The quantitative estimate of drug-likeness (QED) is 0.634. The third-order valence-electron chi connectivity index (χ3n) is 1.60. The van der Waals surface area contributed by atoms with Crippen LogP contribution in [0.1, 0.15) is 27.7 Å². The number of aliphatic carboxylic acids is 1. The zero-order valence-corrected chi connectivity index (χ0v) is 9.07. The Hall–Kier alpha value is -0.650. The number of carbonyl (C=O) groups is 1. The van der Waals surface area contributed by atoms with Crippen molar-refractivity contribution in [2.45, 2.75) is 39.8 Å². The third-order valence-corrected chi connectivity index (χ3v) is 1.60. The third kappa shape index (κ3) is 4.04. The molecule has 0 aliphatic rings. The monoisotopic (exact) mass is 206 g/mol. The minimum absolute atomic E-state index is 0.266. The highest BCUT2D eigenvalue weighted by Crippen LogP contribution is 2.16. The Morgan fingerprint density at radius 2 is 2.00 bits per heavy atom. The molecular formula is C9H18O5. The number of carboxylic acid groups (broad SMARTS) is 1. The lowest BCUT2D eigenvalue weighted by Crippen LogP contribution is -2.44. The van der Waals surface area contributed by atoms with Crippen molar-refractivity contribution in [1.82, 2.24) is 0 Å². The van der Waals surface area contributed by atoms with Gasteiger partial charge in [0.05, 0.1) is 0 Å². The lowest BCUT2D eigenvalue weighted by atomic mass is 10.3. The van der Waals surface area contributed by atoms with Crippen LogP contribution in [0.3, 0.4) is 0 Å². The Morgan fingerprint density at radius 3 is 2.36 bits per heavy atom. The van der Waals surface area contributed by atoms with Gasteiger partial charge in [0.1, 0.15) is 0 Å². The van der Waals surface area contributed by atoms with Crippen LogP contribution in [0.25, 0.3) is 0 Å². The van der Waals surface area contributed by atoms with E-state index in [9.17, 15) is 4.79 Å². The molecule has 1 N–H and O–H groups in total. The predicted molar refractivity (Wildman–Crippen MR) is 49.8 cm³/mol. The summed E-state index contributed by atoms with van der Waals surface area (Å²) in [4.78, 5) is 10.8. The fraction of sp³-hybridized carbons (Fsp3) is 0.889. The molecule has 0 saturated carbocycles. The van der Waals surface area contributed by atoms with Crippen LogP contribution in [0, 0.1) is 0 Å². The lowest BCUT2D eigenvalue weighted by molar-refractivity contribution is -0.289. The molecule has 0 heterocycles. The van der Waals surface area contributed by atoms with E-state index < -0.39 is 18.0 Å². The van der Waals surface area contributed by atoms with Gasteiger partial charge in [0, 0.05) is 20.1 Å². The second-order valence-electron chi connectivity index (χ2n) is 2.82. The van der Waals surface area contributed by atoms with Gasteiger partial charge in [0.15, 0.2) is 6.29 Å². The van der Waals surface area contributed by atoms with Gasteiger partial charge in [-0.25, -0.2) is 4.79 Å². The summed E-state index contributed by atoms with van der Waals surface area (Å²) in [5.74, 6) is -2.80. The molecule has 0 fully saturated rings. The molecule has 14 heavy (non-hydrogen) atoms. The van der Waals surface area contributed by atoms with Gasteiger partial charge in [-0.05, 0) is 20.8 Å². The van der Waals surface area contributed by atoms with Gasteiger partial charge in [-0.2, -0.15) is 0 Å². The molecule has 0 radical (unpaired) electrons. The minimum Gasteiger partial charge on any atom is -0.477 e. The first-order valence-electron chi connectivity index (χ1n) is 4.63. The Morgan fingerprint density at radius 1 is 1.43 bits per heavy atom. The van der Waals surface area contributed by atoms with E-state index in [0.717, 1.165) is 0 Å². The Kier molecular flexibility index (Phi) is 5.68. The van der Waals surface area contributed by atoms with Gasteiger partial charge < -0.3 is 19.3 Å². The van der Waals surface area contributed by atoms with E-state index in [1.54, 1.807) is 20.8 Å². The van der Waals surface area contributed by atoms with Crippen LogP contribution in [-0.4, -0.2) is 36.4 Å². The largest absolute Gasteiger partial charge is 0.477 e. The van der Waals surface area contributed by atoms with Crippen molar-refractivity contribution in [3.63, 3.8) is 0 Å². The van der Waals surface area contributed by atoms with Crippen molar-refractivity contribution in [2.24, 2.45) is 0 Å². The van der Waals surface area contributed by atoms with Gasteiger partial charge in [0.25, 0.3) is 5.79 Å². The summed E-state index contributed by atoms with van der Waals surface area (Å²) in [7, 11) is 0. The molecule has 0 spiro atoms. The number of rotatable bonds is 7. The number of carboxylic acids is 1. The molecule has 0 aromatic heterocycles. The normalized spacial score (nSPS) is 17.4. The van der Waals surface area contributed by atoms with Gasteiger partial charge in [-0.1, -0.05) is 0 Å². The molecular weight excluding hydrogens is 188 g/mol. The molecule has 5 nitrogen and oxygen atoms in total. The van der Waals surface area contributed by atoms with E-state index >= 15 is 0 Å². The first kappa shape index (κ1) is 13.4. The molecule has 2 atom stereocenters. The van der Waals surface area contributed by atoms with Crippen LogP contribution in [0.5, 0.6) is 0 Å². The Balaban J connectivity index is 4.28. The van der Waals surface area contributed by atoms with Crippen LogP contribution in [-0.2, 0) is 19.0 Å². The molecule has 0 aromatic carbocycles. The molecule has 2 unspecified atom stereocenters. The van der Waals surface area contributed by atoms with Crippen molar-refractivity contribution in [1.29, 1.82) is 0 Å². The molecule has 0 aliphatic carbocycles. The first-order valence-corrected chi connectivity index (χ1v) is 4.63. The maximum absolute atomic E-state index is 10.8. The fourth-order valence-electron chi connectivity index (χ4n) is 1.01. The lowest BCUT2D eigenvalue weighted by Gasteiger charge is -2.27. The summed E-state index contributed by atoms with van der Waals surface area (Å²) >= 11 is 0. The Labute approximate surface area is 84.0 Å². The SMILES string of the molecule is CCOC(C)OC(C)(OCC)C(=O)O. The van der Waals surface area contributed by atoms with Crippen molar-refractivity contribution >= 4 is 5.97 Å². The van der Waals surface area contributed by atoms with Crippen molar-refractivity contribution in [2.75, 3.05) is 13.2 Å². The van der Waals surface area contributed by atoms with Crippen LogP contribution in [0.2, 0.25) is 0 Å². The number of hydrogen-bond acceptors (Lipinski definition) is 4. The average Bonchev–Trinajstić information content (AvgIpc) is 2.04. The van der Waals surface area contributed by atoms with Gasteiger partial charge in [-0.3, -0.25) is 0 Å². The molecule has 0 amide bonds. The van der Waals surface area contributed by atoms with Gasteiger partial charge in [0.2, 0.25) is 0 Å². The summed E-state index contributed by atoms with van der Waals surface area (Å²) in [6, 6.07) is 0. The Bertz CT molecular complexity index is 182. The van der Waals surface area contributed by atoms with Crippen LogP contribution >= 0.6 is 0 Å². The van der Waals surface area contributed by atoms with Crippen LogP contribution in [0.15, 0.2) is 0 Å². The standard InChI is InChI=1S/C9H18O5/c1-5-12-7(3)14-9(4,8(10)11)13-6-2/h7H,5-6H2,1-4H3,(H,10,11). The molecule has 5 heteroatoms. The fourth-order valence-corrected chi connectivity index (χ4v) is 1.01. The summed E-state index contributed by atoms with van der Waals surface area (Å²) in [6.07, 6.45) is -0.604. The first-order chi connectivity index (χ1) is 6.46. The second kappa shape index (κ2) is 5.95. The van der Waals surface area contributed by atoms with E-state index in [4.69, 9.17) is 19.3 Å². The van der Waals surface area contributed by atoms with E-state index in [-0.39, 0.29) is 6.61 Å². The summed E-state index contributed by atoms with van der Waals surface area (Å²) in [5.41, 5.74) is 0. The molecule has 0 saturated heterocycles. The highest BCUT2D eigenvalue weighted by atomic mass is 16.8. The van der Waals surface area contributed by atoms with Gasteiger partial charge >= 0.3 is 5.97 Å². The highest BCUT2D eigenvalue weighted by Gasteiger charge is 2.37. The second-order valence-corrected chi connectivity index (χ2v) is 2.82. The molecule has 0 rings (SSSR count). The molecule has 0 bridgehead atoms. The minimum atomic E-state index is -1.64.